The largest absolute Gasteiger partial charge is 0.409 e. The highest BCUT2D eigenvalue weighted by Crippen LogP contribution is 2.18. The maximum atomic E-state index is 13.1. The second-order valence-corrected chi connectivity index (χ2v) is 7.71. The molecule has 2 aliphatic rings. The topological polar surface area (TPSA) is 68.9 Å². The van der Waals surface area contributed by atoms with Gasteiger partial charge in [0.1, 0.15) is 32.0 Å². The summed E-state index contributed by atoms with van der Waals surface area (Å²) in [6, 6.07) is 6.43. The quantitative estimate of drug-likeness (QED) is 0.553. The molecular formula is C18H24FN5O2S+2. The highest BCUT2D eigenvalue weighted by Gasteiger charge is 2.28. The van der Waals surface area contributed by atoms with Crippen molar-refractivity contribution in [3.8, 4) is 11.5 Å². The second kappa shape index (κ2) is 7.87. The van der Waals surface area contributed by atoms with Crippen molar-refractivity contribution in [1.82, 2.24) is 15.1 Å². The van der Waals surface area contributed by atoms with Crippen LogP contribution in [0.4, 0.5) is 4.39 Å². The molecule has 1 aromatic carbocycles. The van der Waals surface area contributed by atoms with E-state index in [9.17, 15) is 9.18 Å². The van der Waals surface area contributed by atoms with Gasteiger partial charge in [-0.2, -0.15) is 4.68 Å². The summed E-state index contributed by atoms with van der Waals surface area (Å²) >= 11 is 5.28. The van der Waals surface area contributed by atoms with E-state index in [2.05, 4.69) is 10.4 Å². The van der Waals surface area contributed by atoms with E-state index >= 15 is 0 Å². The molecule has 0 bridgehead atoms. The molecule has 1 amide bonds. The summed E-state index contributed by atoms with van der Waals surface area (Å²) < 4.78 is 20.3. The van der Waals surface area contributed by atoms with Gasteiger partial charge in [-0.15, -0.1) is 5.10 Å². The lowest BCUT2D eigenvalue weighted by Gasteiger charge is -2.28. The van der Waals surface area contributed by atoms with Crippen molar-refractivity contribution in [2.24, 2.45) is 0 Å². The number of aromatic nitrogens is 2. The lowest BCUT2D eigenvalue weighted by atomic mass is 10.2. The maximum Gasteiger partial charge on any atom is 0.292 e. The third kappa shape index (κ3) is 4.79. The van der Waals surface area contributed by atoms with E-state index in [0.717, 1.165) is 39.0 Å². The molecule has 0 atom stereocenters. The van der Waals surface area contributed by atoms with Gasteiger partial charge in [0, 0.05) is 11.6 Å². The van der Waals surface area contributed by atoms with Gasteiger partial charge in [-0.05, 0) is 49.3 Å². The van der Waals surface area contributed by atoms with Crippen LogP contribution < -0.4 is 15.1 Å². The van der Waals surface area contributed by atoms with Gasteiger partial charge in [-0.25, -0.2) is 4.39 Å². The third-order valence-corrected chi connectivity index (χ3v) is 5.38. The van der Waals surface area contributed by atoms with Crippen LogP contribution in [0.5, 0.6) is 0 Å². The van der Waals surface area contributed by atoms with Gasteiger partial charge in [0.05, 0.1) is 0 Å². The summed E-state index contributed by atoms with van der Waals surface area (Å²) in [7, 11) is 0. The molecule has 1 saturated heterocycles. The number of hydrogen-bond donors (Lipinski definition) is 3. The average Bonchev–Trinajstić information content (AvgIpc) is 3.39. The van der Waals surface area contributed by atoms with Crippen LogP contribution in [0.15, 0.2) is 28.7 Å². The molecule has 1 saturated carbocycles. The van der Waals surface area contributed by atoms with E-state index in [1.165, 1.54) is 21.9 Å². The van der Waals surface area contributed by atoms with Crippen LogP contribution in [0, 0.1) is 10.7 Å². The number of carbonyl (C=O) groups is 1. The number of halogens is 1. The van der Waals surface area contributed by atoms with E-state index in [1.54, 1.807) is 16.8 Å². The zero-order valence-electron chi connectivity index (χ0n) is 15.0. The lowest BCUT2D eigenvalue weighted by Crippen LogP contribution is -3.28. The van der Waals surface area contributed by atoms with Gasteiger partial charge >= 0.3 is 0 Å². The summed E-state index contributed by atoms with van der Waals surface area (Å²) in [5.74, 6) is 0.270. The molecule has 7 nitrogen and oxygen atoms in total. The molecule has 1 aliphatic heterocycles. The Morgan fingerprint density at radius 1 is 1.22 bits per heavy atom. The smallest absolute Gasteiger partial charge is 0.292 e. The molecule has 2 heterocycles. The predicted molar refractivity (Wildman–Crippen MR) is 98.1 cm³/mol. The molecule has 0 unspecified atom stereocenters. The fourth-order valence-electron chi connectivity index (χ4n) is 3.35. The lowest BCUT2D eigenvalue weighted by molar-refractivity contribution is -1.02. The summed E-state index contributed by atoms with van der Waals surface area (Å²) in [6.45, 7) is 4.99. The molecule has 0 spiro atoms. The van der Waals surface area contributed by atoms with E-state index in [0.29, 0.717) is 35.5 Å². The zero-order valence-corrected chi connectivity index (χ0v) is 15.9. The van der Waals surface area contributed by atoms with Gasteiger partial charge < -0.3 is 19.5 Å². The first-order valence-corrected chi connectivity index (χ1v) is 9.78. The van der Waals surface area contributed by atoms with Gasteiger partial charge in [0.2, 0.25) is 5.89 Å². The molecule has 144 valence electrons. The van der Waals surface area contributed by atoms with E-state index in [4.69, 9.17) is 16.6 Å². The summed E-state index contributed by atoms with van der Waals surface area (Å²) in [5, 5.41) is 7.49. The van der Waals surface area contributed by atoms with Crippen molar-refractivity contribution in [1.29, 1.82) is 0 Å². The van der Waals surface area contributed by atoms with Crippen LogP contribution in [0.25, 0.3) is 11.5 Å². The third-order valence-electron chi connectivity index (χ3n) is 5.09. The Balaban J connectivity index is 1.30. The Morgan fingerprint density at radius 2 is 1.89 bits per heavy atom. The van der Waals surface area contributed by atoms with E-state index in [-0.39, 0.29) is 11.7 Å². The number of hydrogen-bond acceptors (Lipinski definition) is 4. The second-order valence-electron chi connectivity index (χ2n) is 7.36. The first-order valence-electron chi connectivity index (χ1n) is 9.37. The molecule has 2 fully saturated rings. The Labute approximate surface area is 161 Å². The monoisotopic (exact) mass is 393 g/mol. The zero-order chi connectivity index (χ0) is 18.8. The van der Waals surface area contributed by atoms with Crippen molar-refractivity contribution in [3.05, 3.63) is 34.9 Å². The Kier molecular flexibility index (Phi) is 5.33. The Hall–Kier alpha value is -2.10. The van der Waals surface area contributed by atoms with Crippen LogP contribution in [0.2, 0.25) is 0 Å². The van der Waals surface area contributed by atoms with Crippen LogP contribution in [-0.4, -0.2) is 54.5 Å². The maximum absolute atomic E-state index is 13.1. The SMILES string of the molecule is O=C(C[NH+]1CC[NH+](Cn2nc(-c3ccc(F)cc3)oc2=S)CC1)NC1CC1. The highest BCUT2D eigenvalue weighted by molar-refractivity contribution is 7.71. The molecule has 3 N–H and O–H groups in total. The number of piperazine rings is 1. The molecule has 2 aromatic rings. The molecule has 1 aromatic heterocycles. The average molecular weight is 393 g/mol. The fraction of sp³-hybridized carbons (Fsp3) is 0.500. The highest BCUT2D eigenvalue weighted by atomic mass is 32.1. The number of quaternary nitrogens is 2. The van der Waals surface area contributed by atoms with Crippen LogP contribution >= 0.6 is 12.2 Å². The molecular weight excluding hydrogens is 369 g/mol. The van der Waals surface area contributed by atoms with Gasteiger partial charge in [-0.1, -0.05) is 0 Å². The van der Waals surface area contributed by atoms with Crippen molar-refractivity contribution in [2.45, 2.75) is 25.6 Å². The van der Waals surface area contributed by atoms with Crippen molar-refractivity contribution in [3.63, 3.8) is 0 Å². The van der Waals surface area contributed by atoms with E-state index in [1.807, 2.05) is 0 Å². The molecule has 27 heavy (non-hydrogen) atoms. The number of rotatable bonds is 6. The fourth-order valence-corrected chi connectivity index (χ4v) is 3.54. The summed E-state index contributed by atoms with van der Waals surface area (Å²) in [6.07, 6.45) is 2.24. The van der Waals surface area contributed by atoms with Crippen molar-refractivity contribution >= 4 is 18.1 Å². The number of benzene rings is 1. The summed E-state index contributed by atoms with van der Waals surface area (Å²) in [5.41, 5.74) is 0.701. The van der Waals surface area contributed by atoms with Gasteiger partial charge in [-0.3, -0.25) is 4.79 Å². The predicted octanol–water partition coefficient (Wildman–Crippen LogP) is -0.969. The minimum atomic E-state index is -0.299. The van der Waals surface area contributed by atoms with Crippen molar-refractivity contribution in [2.75, 3.05) is 32.7 Å². The minimum Gasteiger partial charge on any atom is -0.409 e. The number of nitrogens with one attached hydrogen (secondary N) is 3. The molecule has 1 aliphatic carbocycles. The van der Waals surface area contributed by atoms with Crippen LogP contribution in [0.3, 0.4) is 0 Å². The summed E-state index contributed by atoms with van der Waals surface area (Å²) in [4.78, 5) is 14.9. The van der Waals surface area contributed by atoms with Crippen LogP contribution in [-0.2, 0) is 11.5 Å². The van der Waals surface area contributed by atoms with E-state index < -0.39 is 0 Å². The van der Waals surface area contributed by atoms with Crippen LogP contribution in [0.1, 0.15) is 12.8 Å². The number of carbonyl (C=O) groups excluding carboxylic acids is 1. The van der Waals surface area contributed by atoms with Gasteiger partial charge in [0.25, 0.3) is 10.7 Å². The number of nitrogens with zero attached hydrogens (tertiary/aromatic N) is 2. The first kappa shape index (κ1) is 18.3. The standard InChI is InChI=1S/C18H22FN5O2S/c19-14-3-1-13(2-4-14)17-21-24(18(27)26-17)12-23-9-7-22(8-10-23)11-16(25)20-15-5-6-15/h1-4,15H,5-12H2,(H,20,25)/p+2. The number of amides is 1. The molecule has 9 heteroatoms. The minimum absolute atomic E-state index is 0.165. The first-order chi connectivity index (χ1) is 13.1. The van der Waals surface area contributed by atoms with Gasteiger partial charge in [0.15, 0.2) is 13.2 Å². The normalized spacial score (nSPS) is 22.6. The van der Waals surface area contributed by atoms with Crippen molar-refractivity contribution < 1.29 is 23.4 Å². The molecule has 4 rings (SSSR count). The molecule has 0 radical (unpaired) electrons. The Bertz CT molecular complexity index is 853. The Morgan fingerprint density at radius 3 is 2.56 bits per heavy atom.